The van der Waals surface area contributed by atoms with Crippen LogP contribution in [0, 0.1) is 6.92 Å². The summed E-state index contributed by atoms with van der Waals surface area (Å²) in [5.74, 6) is -0.118. The Bertz CT molecular complexity index is 640. The molecule has 0 aliphatic heterocycles. The highest BCUT2D eigenvalue weighted by molar-refractivity contribution is 7.13. The molecule has 0 aliphatic rings. The standard InChI is InChI=1S/C17H23N3O2S/c1-4-20(9-15-11-23-17(19-15)18-13(3)21)10-16(22)14-7-5-12(2)6-8-14/h5-8,11,16,22H,4,9-10H2,1-3H3,(H,18,19,21). The number of aliphatic hydroxyl groups is 1. The summed E-state index contributed by atoms with van der Waals surface area (Å²) in [6.07, 6.45) is -0.524. The molecule has 0 saturated heterocycles. The number of likely N-dealkylation sites (N-methyl/N-ethyl adjacent to an activating group) is 1. The molecule has 1 aromatic carbocycles. The Hall–Kier alpha value is -1.76. The van der Waals surface area contributed by atoms with Gasteiger partial charge in [0, 0.05) is 25.4 Å². The number of aryl methyl sites for hydroxylation is 1. The van der Waals surface area contributed by atoms with Crippen LogP contribution in [0.15, 0.2) is 29.6 Å². The molecule has 0 saturated carbocycles. The molecule has 0 fully saturated rings. The van der Waals surface area contributed by atoms with Crippen LogP contribution in [0.2, 0.25) is 0 Å². The molecule has 6 heteroatoms. The number of benzene rings is 1. The molecule has 1 heterocycles. The van der Waals surface area contributed by atoms with Gasteiger partial charge < -0.3 is 10.4 Å². The van der Waals surface area contributed by atoms with E-state index in [4.69, 9.17) is 0 Å². The second-order valence-electron chi connectivity index (χ2n) is 5.58. The van der Waals surface area contributed by atoms with Crippen molar-refractivity contribution in [1.82, 2.24) is 9.88 Å². The van der Waals surface area contributed by atoms with Gasteiger partial charge in [0.15, 0.2) is 5.13 Å². The minimum absolute atomic E-state index is 0.118. The average molecular weight is 333 g/mol. The minimum Gasteiger partial charge on any atom is -0.387 e. The predicted octanol–water partition coefficient (Wildman–Crippen LogP) is 2.97. The van der Waals surface area contributed by atoms with Crippen molar-refractivity contribution in [3.63, 3.8) is 0 Å². The lowest BCUT2D eigenvalue weighted by molar-refractivity contribution is -0.114. The van der Waals surface area contributed by atoms with Gasteiger partial charge in [0.2, 0.25) is 5.91 Å². The summed E-state index contributed by atoms with van der Waals surface area (Å²) >= 11 is 1.41. The number of carbonyl (C=O) groups is 1. The fourth-order valence-corrected chi connectivity index (χ4v) is 3.01. The molecular formula is C17H23N3O2S. The Morgan fingerprint density at radius 3 is 2.70 bits per heavy atom. The van der Waals surface area contributed by atoms with Gasteiger partial charge in [-0.05, 0) is 19.0 Å². The molecule has 0 aliphatic carbocycles. The zero-order valence-corrected chi connectivity index (χ0v) is 14.6. The Morgan fingerprint density at radius 2 is 2.09 bits per heavy atom. The molecule has 2 rings (SSSR count). The number of amides is 1. The van der Waals surface area contributed by atoms with Crippen molar-refractivity contribution < 1.29 is 9.90 Å². The maximum atomic E-state index is 11.0. The molecule has 1 atom stereocenters. The molecule has 0 bridgehead atoms. The molecule has 1 aromatic heterocycles. The van der Waals surface area contributed by atoms with Crippen molar-refractivity contribution >= 4 is 22.4 Å². The van der Waals surface area contributed by atoms with E-state index in [2.05, 4.69) is 22.1 Å². The van der Waals surface area contributed by atoms with Crippen LogP contribution in [0.25, 0.3) is 0 Å². The average Bonchev–Trinajstić information content (AvgIpc) is 2.93. The highest BCUT2D eigenvalue weighted by Gasteiger charge is 2.14. The lowest BCUT2D eigenvalue weighted by atomic mass is 10.1. The summed E-state index contributed by atoms with van der Waals surface area (Å²) < 4.78 is 0. The van der Waals surface area contributed by atoms with Crippen LogP contribution in [0.3, 0.4) is 0 Å². The summed E-state index contributed by atoms with van der Waals surface area (Å²) in [7, 11) is 0. The van der Waals surface area contributed by atoms with Crippen molar-refractivity contribution in [2.45, 2.75) is 33.4 Å². The van der Waals surface area contributed by atoms with Gasteiger partial charge in [-0.15, -0.1) is 11.3 Å². The molecule has 2 aromatic rings. The van der Waals surface area contributed by atoms with Gasteiger partial charge in [0.25, 0.3) is 0 Å². The van der Waals surface area contributed by atoms with Crippen molar-refractivity contribution in [2.24, 2.45) is 0 Å². The molecule has 5 nitrogen and oxygen atoms in total. The fourth-order valence-electron chi connectivity index (χ4n) is 2.26. The molecule has 124 valence electrons. The van der Waals surface area contributed by atoms with E-state index in [0.29, 0.717) is 18.2 Å². The van der Waals surface area contributed by atoms with Gasteiger partial charge in [0.05, 0.1) is 11.8 Å². The number of anilines is 1. The second kappa shape index (κ2) is 8.19. The van der Waals surface area contributed by atoms with Gasteiger partial charge in [-0.25, -0.2) is 4.98 Å². The second-order valence-corrected chi connectivity index (χ2v) is 6.44. The van der Waals surface area contributed by atoms with E-state index in [0.717, 1.165) is 17.8 Å². The number of carbonyl (C=O) groups excluding carboxylic acids is 1. The van der Waals surface area contributed by atoms with Crippen molar-refractivity contribution in [2.75, 3.05) is 18.4 Å². The first kappa shape index (κ1) is 17.6. The zero-order chi connectivity index (χ0) is 16.8. The van der Waals surface area contributed by atoms with E-state index < -0.39 is 6.10 Å². The molecule has 2 N–H and O–H groups in total. The third-order valence-corrected chi connectivity index (χ3v) is 4.37. The Balaban J connectivity index is 1.95. The van der Waals surface area contributed by atoms with Crippen LogP contribution in [-0.4, -0.2) is 34.0 Å². The number of nitrogens with one attached hydrogen (secondary N) is 1. The first-order chi connectivity index (χ1) is 11.0. The van der Waals surface area contributed by atoms with Gasteiger partial charge in [-0.2, -0.15) is 0 Å². The number of hydrogen-bond donors (Lipinski definition) is 2. The largest absolute Gasteiger partial charge is 0.387 e. The summed E-state index contributed by atoms with van der Waals surface area (Å²) in [6.45, 7) is 7.57. The number of thiazole rings is 1. The zero-order valence-electron chi connectivity index (χ0n) is 13.7. The third-order valence-electron chi connectivity index (χ3n) is 3.56. The van der Waals surface area contributed by atoms with Crippen LogP contribution in [0.4, 0.5) is 5.13 Å². The van der Waals surface area contributed by atoms with Crippen molar-refractivity contribution in [3.8, 4) is 0 Å². The maximum absolute atomic E-state index is 11.0. The highest BCUT2D eigenvalue weighted by Crippen LogP contribution is 2.19. The molecule has 1 unspecified atom stereocenters. The smallest absolute Gasteiger partial charge is 0.223 e. The lowest BCUT2D eigenvalue weighted by Gasteiger charge is -2.23. The van der Waals surface area contributed by atoms with E-state index in [9.17, 15) is 9.90 Å². The predicted molar refractivity (Wildman–Crippen MR) is 93.5 cm³/mol. The van der Waals surface area contributed by atoms with Crippen molar-refractivity contribution in [3.05, 3.63) is 46.5 Å². The van der Waals surface area contributed by atoms with Gasteiger partial charge in [0.1, 0.15) is 0 Å². The number of aliphatic hydroxyl groups excluding tert-OH is 1. The summed E-state index contributed by atoms with van der Waals surface area (Å²) in [6, 6.07) is 7.95. The number of nitrogens with zero attached hydrogens (tertiary/aromatic N) is 2. The highest BCUT2D eigenvalue weighted by atomic mass is 32.1. The summed E-state index contributed by atoms with van der Waals surface area (Å²) in [4.78, 5) is 17.6. The number of hydrogen-bond acceptors (Lipinski definition) is 5. The number of rotatable bonds is 7. The Kier molecular flexibility index (Phi) is 6.27. The fraction of sp³-hybridized carbons (Fsp3) is 0.412. The van der Waals surface area contributed by atoms with E-state index in [-0.39, 0.29) is 5.91 Å². The SMILES string of the molecule is CCN(Cc1csc(NC(C)=O)n1)CC(O)c1ccc(C)cc1. The van der Waals surface area contributed by atoms with Gasteiger partial charge in [-0.1, -0.05) is 36.8 Å². The topological polar surface area (TPSA) is 65.5 Å². The van der Waals surface area contributed by atoms with E-state index in [1.807, 2.05) is 36.6 Å². The number of aromatic nitrogens is 1. The van der Waals surface area contributed by atoms with Crippen LogP contribution >= 0.6 is 11.3 Å². The first-order valence-electron chi connectivity index (χ1n) is 7.67. The molecule has 0 radical (unpaired) electrons. The van der Waals surface area contributed by atoms with Gasteiger partial charge >= 0.3 is 0 Å². The Morgan fingerprint density at radius 1 is 1.39 bits per heavy atom. The summed E-state index contributed by atoms with van der Waals surface area (Å²) in [5, 5.41) is 15.6. The monoisotopic (exact) mass is 333 g/mol. The molecule has 23 heavy (non-hydrogen) atoms. The first-order valence-corrected chi connectivity index (χ1v) is 8.55. The molecule has 0 spiro atoms. The molecule has 1 amide bonds. The lowest BCUT2D eigenvalue weighted by Crippen LogP contribution is -2.28. The van der Waals surface area contributed by atoms with Crippen LogP contribution < -0.4 is 5.32 Å². The maximum Gasteiger partial charge on any atom is 0.223 e. The molecular weight excluding hydrogens is 310 g/mol. The van der Waals surface area contributed by atoms with Crippen LogP contribution in [-0.2, 0) is 11.3 Å². The van der Waals surface area contributed by atoms with E-state index >= 15 is 0 Å². The van der Waals surface area contributed by atoms with E-state index in [1.54, 1.807) is 0 Å². The third kappa shape index (κ3) is 5.42. The quantitative estimate of drug-likeness (QED) is 0.817. The van der Waals surface area contributed by atoms with Gasteiger partial charge in [-0.3, -0.25) is 9.69 Å². The van der Waals surface area contributed by atoms with Crippen LogP contribution in [0.1, 0.15) is 36.8 Å². The Labute approximate surface area is 141 Å². The summed E-state index contributed by atoms with van der Waals surface area (Å²) in [5.41, 5.74) is 3.00. The van der Waals surface area contributed by atoms with E-state index in [1.165, 1.54) is 23.8 Å². The minimum atomic E-state index is -0.524. The van der Waals surface area contributed by atoms with Crippen LogP contribution in [0.5, 0.6) is 0 Å². The normalized spacial score (nSPS) is 12.4. The van der Waals surface area contributed by atoms with Crippen molar-refractivity contribution in [1.29, 1.82) is 0 Å².